The Morgan fingerprint density at radius 2 is 1.93 bits per heavy atom. The number of hydroxylamine groups is 1. The second-order valence-corrected chi connectivity index (χ2v) is 14.2. The minimum atomic E-state index is -3.29. The van der Waals surface area contributed by atoms with Gasteiger partial charge in [0.1, 0.15) is 17.7 Å². The number of hydrogen-bond donors (Lipinski definition) is 4. The SMILES string of the molecule is O=C(N[C@H]1CCCC[C@@H]1CC[C@H]1CN[C@@H]2CCCS(=O)(=O)N1C2)[C@@H](NO)[C@H](c1cncc(F)c1)c1ccc(Cl)c(F)c1. The lowest BCUT2D eigenvalue weighted by atomic mass is 9.80. The van der Waals surface area contributed by atoms with Gasteiger partial charge in [-0.2, -0.15) is 9.79 Å². The van der Waals surface area contributed by atoms with Crippen molar-refractivity contribution in [1.82, 2.24) is 25.4 Å². The summed E-state index contributed by atoms with van der Waals surface area (Å²) in [5, 5.41) is 16.7. The van der Waals surface area contributed by atoms with E-state index < -0.39 is 39.5 Å². The molecule has 3 heterocycles. The van der Waals surface area contributed by atoms with Gasteiger partial charge in [0.2, 0.25) is 15.9 Å². The van der Waals surface area contributed by atoms with Crippen molar-refractivity contribution in [2.75, 3.05) is 18.8 Å². The number of sulfonamides is 1. The van der Waals surface area contributed by atoms with E-state index in [0.29, 0.717) is 31.5 Å². The number of halogens is 3. The minimum Gasteiger partial charge on any atom is -0.352 e. The molecular formula is C29H38ClF2N5O4S. The van der Waals surface area contributed by atoms with Gasteiger partial charge in [-0.15, -0.1) is 0 Å². The van der Waals surface area contributed by atoms with Crippen molar-refractivity contribution in [3.05, 3.63) is 64.4 Å². The first kappa shape index (κ1) is 31.2. The van der Waals surface area contributed by atoms with Crippen molar-refractivity contribution < 1.29 is 27.2 Å². The van der Waals surface area contributed by atoms with Crippen molar-refractivity contribution >= 4 is 27.5 Å². The summed E-state index contributed by atoms with van der Waals surface area (Å²) >= 11 is 5.88. The highest BCUT2D eigenvalue weighted by molar-refractivity contribution is 7.89. The zero-order valence-electron chi connectivity index (χ0n) is 23.3. The molecule has 230 valence electrons. The normalized spacial score (nSPS) is 28.8. The van der Waals surface area contributed by atoms with E-state index >= 15 is 0 Å². The molecule has 1 aliphatic carbocycles. The third kappa shape index (κ3) is 7.11. The van der Waals surface area contributed by atoms with Gasteiger partial charge >= 0.3 is 0 Å². The van der Waals surface area contributed by atoms with E-state index in [9.17, 15) is 27.2 Å². The van der Waals surface area contributed by atoms with Crippen LogP contribution in [0.4, 0.5) is 8.78 Å². The highest BCUT2D eigenvalue weighted by atomic mass is 35.5. The third-order valence-corrected chi connectivity index (χ3v) is 11.3. The summed E-state index contributed by atoms with van der Waals surface area (Å²) < 4.78 is 56.1. The summed E-state index contributed by atoms with van der Waals surface area (Å²) in [6, 6.07) is 3.84. The molecular weight excluding hydrogens is 588 g/mol. The molecule has 1 aromatic carbocycles. The first-order valence-electron chi connectivity index (χ1n) is 14.6. The van der Waals surface area contributed by atoms with Gasteiger partial charge in [-0.1, -0.05) is 30.5 Å². The molecule has 13 heteroatoms. The Morgan fingerprint density at radius 3 is 2.69 bits per heavy atom. The van der Waals surface area contributed by atoms with Crippen LogP contribution >= 0.6 is 11.6 Å². The monoisotopic (exact) mass is 625 g/mol. The van der Waals surface area contributed by atoms with Crippen LogP contribution in [0.3, 0.4) is 0 Å². The topological polar surface area (TPSA) is 124 Å². The highest BCUT2D eigenvalue weighted by Gasteiger charge is 2.39. The standard InChI is InChI=1S/C29H38ClF2N5O4S/c30-24-10-8-19(13-25(24)32)27(20-12-21(31)15-33-14-20)28(36-39)29(38)35-26-6-2-1-4-18(26)7-9-23-16-34-22-5-3-11-42(40,41)37(23)17-22/h8,10,12-15,18,22-23,26-28,34,36,39H,1-7,9,11,16-17H2,(H,35,38)/t18-,22-,23+,26+,27+,28+/m1/s1. The first-order valence-corrected chi connectivity index (χ1v) is 16.6. The molecule has 2 saturated heterocycles. The smallest absolute Gasteiger partial charge is 0.240 e. The average Bonchev–Trinajstić information content (AvgIpc) is 3.08. The minimum absolute atomic E-state index is 0.102. The summed E-state index contributed by atoms with van der Waals surface area (Å²) in [4.78, 5) is 17.6. The Hall–Kier alpha value is -2.22. The number of amides is 1. The summed E-state index contributed by atoms with van der Waals surface area (Å²) in [5.41, 5.74) is 2.67. The van der Waals surface area contributed by atoms with Gasteiger partial charge < -0.3 is 15.8 Å². The predicted molar refractivity (Wildman–Crippen MR) is 155 cm³/mol. The van der Waals surface area contributed by atoms with Crippen LogP contribution in [0.5, 0.6) is 0 Å². The quantitative estimate of drug-likeness (QED) is 0.313. The number of aromatic nitrogens is 1. The Balaban J connectivity index is 1.32. The lowest BCUT2D eigenvalue weighted by Crippen LogP contribution is -2.57. The van der Waals surface area contributed by atoms with Gasteiger partial charge in [0.15, 0.2) is 0 Å². The Morgan fingerprint density at radius 1 is 1.12 bits per heavy atom. The molecule has 3 aliphatic rings. The number of fused-ring (bicyclic) bond motifs is 2. The van der Waals surface area contributed by atoms with E-state index in [1.54, 1.807) is 4.31 Å². The number of pyridine rings is 1. The lowest BCUT2D eigenvalue weighted by Gasteiger charge is -2.39. The largest absolute Gasteiger partial charge is 0.352 e. The fourth-order valence-corrected chi connectivity index (χ4v) is 8.76. The predicted octanol–water partition coefficient (Wildman–Crippen LogP) is 3.71. The van der Waals surface area contributed by atoms with Crippen LogP contribution in [0, 0.1) is 17.6 Å². The van der Waals surface area contributed by atoms with Crippen LogP contribution in [0.1, 0.15) is 68.4 Å². The fraction of sp³-hybridized carbons (Fsp3) is 0.586. The number of piperazine rings is 1. The molecule has 1 unspecified atom stereocenters. The molecule has 2 aliphatic heterocycles. The Bertz CT molecular complexity index is 1370. The molecule has 2 aromatic rings. The van der Waals surface area contributed by atoms with E-state index in [1.807, 2.05) is 0 Å². The second-order valence-electron chi connectivity index (χ2n) is 11.7. The lowest BCUT2D eigenvalue weighted by molar-refractivity contribution is -0.127. The van der Waals surface area contributed by atoms with Crippen molar-refractivity contribution in [2.24, 2.45) is 5.92 Å². The van der Waals surface area contributed by atoms with Crippen molar-refractivity contribution in [1.29, 1.82) is 0 Å². The van der Waals surface area contributed by atoms with Gasteiger partial charge in [-0.05, 0) is 73.8 Å². The van der Waals surface area contributed by atoms with Gasteiger partial charge in [-0.3, -0.25) is 9.78 Å². The molecule has 2 bridgehead atoms. The number of benzene rings is 1. The van der Waals surface area contributed by atoms with Crippen LogP contribution < -0.4 is 16.1 Å². The zero-order chi connectivity index (χ0) is 29.9. The second kappa shape index (κ2) is 13.6. The zero-order valence-corrected chi connectivity index (χ0v) is 24.9. The van der Waals surface area contributed by atoms with Crippen LogP contribution in [0.2, 0.25) is 5.02 Å². The fourth-order valence-electron chi connectivity index (χ4n) is 6.83. The molecule has 1 saturated carbocycles. The summed E-state index contributed by atoms with van der Waals surface area (Å²) in [5.74, 6) is -2.53. The van der Waals surface area contributed by atoms with E-state index in [-0.39, 0.29) is 40.4 Å². The van der Waals surface area contributed by atoms with Crippen LogP contribution in [-0.4, -0.2) is 71.8 Å². The molecule has 5 rings (SSSR count). The van der Waals surface area contributed by atoms with Crippen LogP contribution in [0.25, 0.3) is 0 Å². The molecule has 1 aromatic heterocycles. The van der Waals surface area contributed by atoms with Gasteiger partial charge in [0.05, 0.1) is 17.0 Å². The number of nitrogens with zero attached hydrogens (tertiary/aromatic N) is 2. The molecule has 0 radical (unpaired) electrons. The summed E-state index contributed by atoms with van der Waals surface area (Å²) in [6.07, 6.45) is 8.89. The van der Waals surface area contributed by atoms with Gasteiger partial charge in [0.25, 0.3) is 0 Å². The third-order valence-electron chi connectivity index (χ3n) is 9.01. The summed E-state index contributed by atoms with van der Waals surface area (Å²) in [7, 11) is -3.29. The van der Waals surface area contributed by atoms with Crippen molar-refractivity contribution in [3.8, 4) is 0 Å². The maximum absolute atomic E-state index is 14.5. The molecule has 0 spiro atoms. The van der Waals surface area contributed by atoms with E-state index in [4.69, 9.17) is 11.6 Å². The molecule has 9 nitrogen and oxygen atoms in total. The molecule has 42 heavy (non-hydrogen) atoms. The maximum Gasteiger partial charge on any atom is 0.240 e. The van der Waals surface area contributed by atoms with E-state index in [1.165, 1.54) is 30.5 Å². The van der Waals surface area contributed by atoms with Crippen molar-refractivity contribution in [3.63, 3.8) is 0 Å². The van der Waals surface area contributed by atoms with Crippen LogP contribution in [0.15, 0.2) is 36.7 Å². The number of nitrogens with one attached hydrogen (secondary N) is 3. The number of carbonyl (C=O) groups excluding carboxylic acids is 1. The Kier molecular flexibility index (Phi) is 10.1. The molecule has 3 fully saturated rings. The van der Waals surface area contributed by atoms with Gasteiger partial charge in [-0.25, -0.2) is 17.2 Å². The van der Waals surface area contributed by atoms with E-state index in [2.05, 4.69) is 21.1 Å². The summed E-state index contributed by atoms with van der Waals surface area (Å²) in [6.45, 7) is 1.12. The molecule has 4 N–H and O–H groups in total. The Labute approximate surface area is 250 Å². The van der Waals surface area contributed by atoms with E-state index in [0.717, 1.165) is 44.7 Å². The highest BCUT2D eigenvalue weighted by Crippen LogP contribution is 2.33. The number of rotatable bonds is 9. The molecule has 7 atom stereocenters. The van der Waals surface area contributed by atoms with Gasteiger partial charge in [0, 0.05) is 43.3 Å². The van der Waals surface area contributed by atoms with Crippen LogP contribution in [-0.2, 0) is 14.8 Å². The van der Waals surface area contributed by atoms with Crippen molar-refractivity contribution in [2.45, 2.75) is 81.5 Å². The maximum atomic E-state index is 14.5. The molecule has 1 amide bonds. The number of hydrogen-bond acceptors (Lipinski definition) is 7. The first-order chi connectivity index (χ1) is 20.2. The number of carbonyl (C=O) groups is 1. The average molecular weight is 626 g/mol.